The van der Waals surface area contributed by atoms with Crippen LogP contribution >= 0.6 is 11.8 Å². The Bertz CT molecular complexity index is 451. The van der Waals surface area contributed by atoms with E-state index in [1.54, 1.807) is 24.2 Å². The van der Waals surface area contributed by atoms with Gasteiger partial charge in [0.2, 0.25) is 0 Å². The molecule has 0 aliphatic carbocycles. The van der Waals surface area contributed by atoms with Crippen LogP contribution in [-0.2, 0) is 0 Å². The first kappa shape index (κ1) is 10.1. The summed E-state index contributed by atoms with van der Waals surface area (Å²) in [5.41, 5.74) is 7.81. The van der Waals surface area contributed by atoms with Gasteiger partial charge >= 0.3 is 0 Å². The van der Waals surface area contributed by atoms with Crippen molar-refractivity contribution in [3.05, 3.63) is 48.3 Å². The van der Waals surface area contributed by atoms with Gasteiger partial charge in [0.25, 0.3) is 0 Å². The fourth-order valence-electron chi connectivity index (χ4n) is 1.22. The Kier molecular flexibility index (Phi) is 2.92. The van der Waals surface area contributed by atoms with Crippen LogP contribution in [0.25, 0.3) is 0 Å². The van der Waals surface area contributed by atoms with E-state index in [-0.39, 0.29) is 0 Å². The number of benzene rings is 1. The lowest BCUT2D eigenvalue weighted by atomic mass is 10.2. The first-order chi connectivity index (χ1) is 7.25. The Hall–Kier alpha value is -1.48. The molecule has 0 radical (unpaired) electrons. The van der Waals surface area contributed by atoms with Crippen molar-refractivity contribution in [3.63, 3.8) is 0 Å². The Morgan fingerprint density at radius 3 is 2.53 bits per heavy atom. The molecule has 0 unspecified atom stereocenters. The van der Waals surface area contributed by atoms with Crippen molar-refractivity contribution in [1.29, 1.82) is 0 Å². The summed E-state index contributed by atoms with van der Waals surface area (Å²) >= 11 is 1.66. The third kappa shape index (κ3) is 2.50. The van der Waals surface area contributed by atoms with Crippen molar-refractivity contribution in [2.24, 2.45) is 0 Å². The lowest BCUT2D eigenvalue weighted by Crippen LogP contribution is -1.88. The zero-order valence-electron chi connectivity index (χ0n) is 8.47. The van der Waals surface area contributed by atoms with Crippen molar-refractivity contribution in [1.82, 2.24) is 4.98 Å². The number of aryl methyl sites for hydroxylation is 1. The van der Waals surface area contributed by atoms with Crippen LogP contribution in [0.5, 0.6) is 0 Å². The molecular weight excluding hydrogens is 204 g/mol. The van der Waals surface area contributed by atoms with Gasteiger partial charge in [0.05, 0.1) is 11.9 Å². The number of hydrogen-bond donors (Lipinski definition) is 1. The van der Waals surface area contributed by atoms with Crippen molar-refractivity contribution in [3.8, 4) is 0 Å². The molecule has 1 aromatic heterocycles. The average molecular weight is 216 g/mol. The van der Waals surface area contributed by atoms with Crippen molar-refractivity contribution in [2.75, 3.05) is 5.73 Å². The molecule has 0 saturated heterocycles. The molecule has 1 heterocycles. The molecule has 0 atom stereocenters. The maximum atomic E-state index is 5.81. The number of nitrogens with zero attached hydrogens (tertiary/aromatic N) is 1. The van der Waals surface area contributed by atoms with Crippen molar-refractivity contribution in [2.45, 2.75) is 16.7 Å². The van der Waals surface area contributed by atoms with E-state index < -0.39 is 0 Å². The Morgan fingerprint density at radius 2 is 1.87 bits per heavy atom. The molecule has 3 heteroatoms. The molecule has 0 aliphatic heterocycles. The number of nitrogen functional groups attached to an aromatic ring is 1. The zero-order chi connectivity index (χ0) is 10.7. The average Bonchev–Trinajstić information content (AvgIpc) is 2.25. The van der Waals surface area contributed by atoms with E-state index in [4.69, 9.17) is 5.73 Å². The first-order valence-electron chi connectivity index (χ1n) is 4.70. The summed E-state index contributed by atoms with van der Waals surface area (Å²) in [5, 5.41) is 0. The van der Waals surface area contributed by atoms with Gasteiger partial charge in [-0.05, 0) is 25.1 Å². The van der Waals surface area contributed by atoms with Gasteiger partial charge in [-0.25, -0.2) is 0 Å². The summed E-state index contributed by atoms with van der Waals surface area (Å²) in [4.78, 5) is 6.21. The molecular formula is C12H12N2S. The highest BCUT2D eigenvalue weighted by Crippen LogP contribution is 2.31. The number of anilines is 1. The lowest BCUT2D eigenvalue weighted by Gasteiger charge is -2.04. The molecule has 2 nitrogen and oxygen atoms in total. The number of nitrogens with two attached hydrogens (primary N) is 1. The highest BCUT2D eigenvalue weighted by Gasteiger charge is 2.00. The SMILES string of the molecule is Cc1ccc(Sc2ccncc2N)cc1. The third-order valence-corrected chi connectivity index (χ3v) is 3.16. The quantitative estimate of drug-likeness (QED) is 0.838. The summed E-state index contributed by atoms with van der Waals surface area (Å²) in [6.07, 6.45) is 3.43. The topological polar surface area (TPSA) is 38.9 Å². The van der Waals surface area contributed by atoms with Gasteiger partial charge in [0.1, 0.15) is 0 Å². The fourth-order valence-corrected chi connectivity index (χ4v) is 2.05. The molecule has 0 saturated carbocycles. The summed E-state index contributed by atoms with van der Waals surface area (Å²) < 4.78 is 0. The Labute approximate surface area is 93.5 Å². The van der Waals surface area contributed by atoms with Gasteiger partial charge in [0, 0.05) is 16.0 Å². The molecule has 2 rings (SSSR count). The first-order valence-corrected chi connectivity index (χ1v) is 5.51. The van der Waals surface area contributed by atoms with Crippen LogP contribution in [0, 0.1) is 6.92 Å². The molecule has 76 valence electrons. The Morgan fingerprint density at radius 1 is 1.13 bits per heavy atom. The number of rotatable bonds is 2. The van der Waals surface area contributed by atoms with Crippen LogP contribution in [0.2, 0.25) is 0 Å². The van der Waals surface area contributed by atoms with Crippen molar-refractivity contribution >= 4 is 17.4 Å². The van der Waals surface area contributed by atoms with E-state index in [0.717, 1.165) is 10.6 Å². The van der Waals surface area contributed by atoms with Crippen LogP contribution in [0.15, 0.2) is 52.5 Å². The molecule has 2 aromatic rings. The molecule has 0 spiro atoms. The minimum Gasteiger partial charge on any atom is -0.397 e. The van der Waals surface area contributed by atoms with Gasteiger partial charge in [-0.2, -0.15) is 0 Å². The second-order valence-corrected chi connectivity index (χ2v) is 4.44. The summed E-state index contributed by atoms with van der Waals surface area (Å²) in [5.74, 6) is 0. The van der Waals surface area contributed by atoms with Gasteiger partial charge < -0.3 is 5.73 Å². The summed E-state index contributed by atoms with van der Waals surface area (Å²) in [6.45, 7) is 2.08. The zero-order valence-corrected chi connectivity index (χ0v) is 9.29. The number of pyridine rings is 1. The summed E-state index contributed by atoms with van der Waals surface area (Å²) in [7, 11) is 0. The van der Waals surface area contributed by atoms with E-state index >= 15 is 0 Å². The Balaban J connectivity index is 2.22. The maximum absolute atomic E-state index is 5.81. The molecule has 0 bridgehead atoms. The second kappa shape index (κ2) is 4.36. The molecule has 15 heavy (non-hydrogen) atoms. The fraction of sp³-hybridized carbons (Fsp3) is 0.0833. The molecule has 0 aliphatic rings. The minimum absolute atomic E-state index is 0.725. The van der Waals surface area contributed by atoms with Gasteiger partial charge in [0.15, 0.2) is 0 Å². The van der Waals surface area contributed by atoms with E-state index in [1.165, 1.54) is 10.5 Å². The monoisotopic (exact) mass is 216 g/mol. The van der Waals surface area contributed by atoms with Gasteiger partial charge in [-0.1, -0.05) is 29.5 Å². The maximum Gasteiger partial charge on any atom is 0.0642 e. The van der Waals surface area contributed by atoms with Crippen molar-refractivity contribution < 1.29 is 0 Å². The standard InChI is InChI=1S/C12H12N2S/c1-9-2-4-10(5-3-9)15-12-6-7-14-8-11(12)13/h2-8H,13H2,1H3. The normalized spacial score (nSPS) is 10.2. The lowest BCUT2D eigenvalue weighted by molar-refractivity contribution is 1.26. The smallest absolute Gasteiger partial charge is 0.0642 e. The van der Waals surface area contributed by atoms with E-state index in [0.29, 0.717) is 0 Å². The largest absolute Gasteiger partial charge is 0.397 e. The molecule has 2 N–H and O–H groups in total. The number of hydrogen-bond acceptors (Lipinski definition) is 3. The van der Waals surface area contributed by atoms with Crippen LogP contribution in [0.1, 0.15) is 5.56 Å². The highest BCUT2D eigenvalue weighted by molar-refractivity contribution is 7.99. The van der Waals surface area contributed by atoms with Crippen LogP contribution < -0.4 is 5.73 Å². The van der Waals surface area contributed by atoms with E-state index in [1.807, 2.05) is 6.07 Å². The molecule has 1 aromatic carbocycles. The van der Waals surface area contributed by atoms with Crippen LogP contribution in [0.4, 0.5) is 5.69 Å². The van der Waals surface area contributed by atoms with Gasteiger partial charge in [-0.3, -0.25) is 4.98 Å². The predicted octanol–water partition coefficient (Wildman–Crippen LogP) is 3.12. The minimum atomic E-state index is 0.725. The summed E-state index contributed by atoms with van der Waals surface area (Å²) in [6, 6.07) is 10.3. The van der Waals surface area contributed by atoms with Gasteiger partial charge in [-0.15, -0.1) is 0 Å². The number of aromatic nitrogens is 1. The predicted molar refractivity (Wildman–Crippen MR) is 64.0 cm³/mol. The second-order valence-electron chi connectivity index (χ2n) is 3.33. The molecule has 0 amide bonds. The van der Waals surface area contributed by atoms with E-state index in [2.05, 4.69) is 36.2 Å². The third-order valence-electron chi connectivity index (χ3n) is 2.06. The molecule has 0 fully saturated rings. The van der Waals surface area contributed by atoms with Crippen LogP contribution in [-0.4, -0.2) is 4.98 Å². The highest BCUT2D eigenvalue weighted by atomic mass is 32.2. The van der Waals surface area contributed by atoms with E-state index in [9.17, 15) is 0 Å². The van der Waals surface area contributed by atoms with Crippen LogP contribution in [0.3, 0.4) is 0 Å².